The number of H-pyrrole nitrogens is 1. The first-order valence-electron chi connectivity index (χ1n) is 10.8. The van der Waals surface area contributed by atoms with Crippen LogP contribution in [0.2, 0.25) is 5.02 Å². The van der Waals surface area contributed by atoms with Crippen molar-refractivity contribution in [2.24, 2.45) is 5.41 Å². The molecule has 0 unspecified atom stereocenters. The number of nitrogens with zero attached hydrogens (tertiary/aromatic N) is 2. The van der Waals surface area contributed by atoms with Gasteiger partial charge in [-0.05, 0) is 42.2 Å². The van der Waals surface area contributed by atoms with Crippen LogP contribution in [0.1, 0.15) is 26.0 Å². The van der Waals surface area contributed by atoms with Gasteiger partial charge in [0, 0.05) is 28.4 Å². The molecule has 0 aliphatic rings. The lowest BCUT2D eigenvalue weighted by Crippen LogP contribution is -2.15. The third-order valence-corrected chi connectivity index (χ3v) is 6.17. The number of aromatic amines is 1. The minimum Gasteiger partial charge on any atom is -0.504 e. The van der Waals surface area contributed by atoms with Crippen molar-refractivity contribution in [2.75, 3.05) is 0 Å². The van der Waals surface area contributed by atoms with Crippen molar-refractivity contribution in [1.82, 2.24) is 15.0 Å². The zero-order valence-electron chi connectivity index (χ0n) is 18.8. The van der Waals surface area contributed by atoms with E-state index in [0.29, 0.717) is 5.02 Å². The van der Waals surface area contributed by atoms with Crippen molar-refractivity contribution in [3.05, 3.63) is 102 Å². The molecule has 166 valence electrons. The van der Waals surface area contributed by atoms with Crippen molar-refractivity contribution in [3.8, 4) is 33.8 Å². The molecule has 0 radical (unpaired) electrons. The lowest BCUT2D eigenvalue weighted by Gasteiger charge is -2.22. The number of aliphatic hydroxyl groups excluding tert-OH is 1. The maximum absolute atomic E-state index is 9.95. The highest BCUT2D eigenvalue weighted by Crippen LogP contribution is 2.32. The molecule has 0 amide bonds. The lowest BCUT2D eigenvalue weighted by atomic mass is 9.85. The van der Waals surface area contributed by atoms with Crippen LogP contribution < -0.4 is 0 Å². The third kappa shape index (κ3) is 5.09. The van der Waals surface area contributed by atoms with Gasteiger partial charge in [0.15, 0.2) is 0 Å². The fourth-order valence-electron chi connectivity index (χ4n) is 3.65. The zero-order valence-corrected chi connectivity index (χ0v) is 19.5. The van der Waals surface area contributed by atoms with E-state index in [-0.39, 0.29) is 11.2 Å². The van der Waals surface area contributed by atoms with Gasteiger partial charge in [-0.2, -0.15) is 0 Å². The van der Waals surface area contributed by atoms with Crippen molar-refractivity contribution in [1.29, 1.82) is 0 Å². The summed E-state index contributed by atoms with van der Waals surface area (Å²) in [6, 6.07) is 20.1. The Kier molecular flexibility index (Phi) is 6.50. The topological polar surface area (TPSA) is 61.8 Å². The van der Waals surface area contributed by atoms with Crippen molar-refractivity contribution in [2.45, 2.75) is 26.7 Å². The number of allylic oxidation sites excluding steroid dienone is 1. The number of aryl methyl sites for hydroxylation is 1. The molecule has 0 atom stereocenters. The van der Waals surface area contributed by atoms with Gasteiger partial charge in [-0.3, -0.25) is 4.98 Å². The van der Waals surface area contributed by atoms with Crippen molar-refractivity contribution < 1.29 is 5.11 Å². The Labute approximate surface area is 199 Å². The number of aliphatic hydroxyl groups is 1. The summed E-state index contributed by atoms with van der Waals surface area (Å²) in [6.45, 7) is 7.48. The first kappa shape index (κ1) is 22.6. The molecule has 2 heterocycles. The number of halogens is 1. The van der Waals surface area contributed by atoms with E-state index in [1.807, 2.05) is 86.9 Å². The van der Waals surface area contributed by atoms with Crippen molar-refractivity contribution in [3.63, 3.8) is 0 Å². The molecule has 0 aliphatic heterocycles. The van der Waals surface area contributed by atoms with Gasteiger partial charge in [0.05, 0.1) is 16.9 Å². The minimum atomic E-state index is -0.377. The summed E-state index contributed by atoms with van der Waals surface area (Å²) < 4.78 is 0. The number of hydrogen-bond acceptors (Lipinski definition) is 3. The van der Waals surface area contributed by atoms with Crippen LogP contribution in [0.5, 0.6) is 0 Å². The summed E-state index contributed by atoms with van der Waals surface area (Å²) in [5.74, 6) is 0.916. The number of rotatable bonds is 7. The van der Waals surface area contributed by atoms with Crippen LogP contribution in [0, 0.1) is 5.41 Å². The summed E-state index contributed by atoms with van der Waals surface area (Å²) >= 11 is 6.63. The van der Waals surface area contributed by atoms with Gasteiger partial charge < -0.3 is 10.1 Å². The molecule has 0 saturated heterocycles. The predicted molar refractivity (Wildman–Crippen MR) is 135 cm³/mol. The second-order valence-corrected chi connectivity index (χ2v) is 9.06. The molecular weight excluding hydrogens is 430 g/mol. The monoisotopic (exact) mass is 455 g/mol. The average Bonchev–Trinajstić information content (AvgIpc) is 3.33. The molecule has 0 spiro atoms. The van der Waals surface area contributed by atoms with E-state index < -0.39 is 0 Å². The number of nitrogens with one attached hydrogen (secondary N) is 1. The molecule has 33 heavy (non-hydrogen) atoms. The SMILES string of the molecule is C=C=C(O)C(C)(C)CCc1ccc(-c2ccc(-c3ncc(-c4ccccc4)[nH]3)c(Cl)c2)cn1. The Hall–Kier alpha value is -3.59. The Bertz CT molecular complexity index is 1300. The summed E-state index contributed by atoms with van der Waals surface area (Å²) in [4.78, 5) is 12.5. The largest absolute Gasteiger partial charge is 0.504 e. The molecule has 2 N–H and O–H groups in total. The van der Waals surface area contributed by atoms with Gasteiger partial charge in [-0.1, -0.05) is 80.2 Å². The average molecular weight is 456 g/mol. The van der Waals surface area contributed by atoms with Gasteiger partial charge in [0.25, 0.3) is 0 Å². The van der Waals surface area contributed by atoms with Crippen LogP contribution >= 0.6 is 11.6 Å². The molecule has 2 aromatic carbocycles. The van der Waals surface area contributed by atoms with Crippen LogP contribution in [0.4, 0.5) is 0 Å². The molecule has 4 rings (SSSR count). The van der Waals surface area contributed by atoms with Crippen LogP contribution in [-0.4, -0.2) is 20.1 Å². The number of benzene rings is 2. The smallest absolute Gasteiger partial charge is 0.140 e. The fraction of sp³-hybridized carbons (Fsp3) is 0.179. The summed E-state index contributed by atoms with van der Waals surface area (Å²) in [5.41, 5.74) is 8.04. The van der Waals surface area contributed by atoms with E-state index in [0.717, 1.165) is 52.3 Å². The van der Waals surface area contributed by atoms with E-state index in [9.17, 15) is 5.11 Å². The number of hydrogen-bond donors (Lipinski definition) is 2. The fourth-order valence-corrected chi connectivity index (χ4v) is 3.92. The van der Waals surface area contributed by atoms with Gasteiger partial charge in [0.2, 0.25) is 0 Å². The minimum absolute atomic E-state index is 0.182. The zero-order chi connectivity index (χ0) is 23.4. The highest BCUT2D eigenvalue weighted by atomic mass is 35.5. The molecule has 5 heteroatoms. The standard InChI is InChI=1S/C28H26ClN3O/c1-4-26(33)28(2,3)15-14-22-12-10-21(17-30-22)20-11-13-23(24(29)16-20)27-31-18-25(32-27)19-8-6-5-7-9-19/h5-13,16-18,33H,1,14-15H2,2-3H3,(H,31,32). The van der Waals surface area contributed by atoms with Gasteiger partial charge >= 0.3 is 0 Å². The molecule has 0 aliphatic carbocycles. The van der Waals surface area contributed by atoms with Crippen molar-refractivity contribution >= 4 is 11.6 Å². The van der Waals surface area contributed by atoms with E-state index in [1.54, 1.807) is 0 Å². The number of pyridine rings is 1. The Morgan fingerprint density at radius 3 is 2.42 bits per heavy atom. The molecule has 2 aromatic heterocycles. The van der Waals surface area contributed by atoms with Crippen LogP contribution in [-0.2, 0) is 6.42 Å². The molecule has 4 aromatic rings. The predicted octanol–water partition coefficient (Wildman–Crippen LogP) is 7.64. The first-order valence-corrected chi connectivity index (χ1v) is 11.2. The second kappa shape index (κ2) is 9.50. The maximum Gasteiger partial charge on any atom is 0.140 e. The van der Waals surface area contributed by atoms with Gasteiger partial charge in [0.1, 0.15) is 11.6 Å². The number of aromatic nitrogens is 3. The highest BCUT2D eigenvalue weighted by Gasteiger charge is 2.22. The number of imidazole rings is 1. The normalized spacial score (nSPS) is 11.2. The molecule has 0 bridgehead atoms. The van der Waals surface area contributed by atoms with Gasteiger partial charge in [-0.15, -0.1) is 0 Å². The Morgan fingerprint density at radius 1 is 1.00 bits per heavy atom. The highest BCUT2D eigenvalue weighted by molar-refractivity contribution is 6.33. The first-order chi connectivity index (χ1) is 15.9. The summed E-state index contributed by atoms with van der Waals surface area (Å²) in [5, 5.41) is 10.6. The third-order valence-electron chi connectivity index (χ3n) is 5.86. The van der Waals surface area contributed by atoms with Crippen LogP contribution in [0.25, 0.3) is 33.8 Å². The lowest BCUT2D eigenvalue weighted by molar-refractivity contribution is 0.245. The maximum atomic E-state index is 9.95. The Balaban J connectivity index is 1.49. The van der Waals surface area contributed by atoms with E-state index in [4.69, 9.17) is 11.6 Å². The van der Waals surface area contributed by atoms with Gasteiger partial charge in [-0.25, -0.2) is 4.98 Å². The molecule has 4 nitrogen and oxygen atoms in total. The van der Waals surface area contributed by atoms with E-state index in [2.05, 4.69) is 27.3 Å². The molecule has 0 saturated carbocycles. The summed E-state index contributed by atoms with van der Waals surface area (Å²) in [7, 11) is 0. The van der Waals surface area contributed by atoms with E-state index in [1.165, 1.54) is 0 Å². The quantitative estimate of drug-likeness (QED) is 0.222. The summed E-state index contributed by atoms with van der Waals surface area (Å²) in [6.07, 6.45) is 5.18. The van der Waals surface area contributed by atoms with E-state index >= 15 is 0 Å². The Morgan fingerprint density at radius 2 is 1.76 bits per heavy atom. The van der Waals surface area contributed by atoms with Crippen LogP contribution in [0.15, 0.2) is 91.1 Å². The molecule has 0 fully saturated rings. The second-order valence-electron chi connectivity index (χ2n) is 8.65. The molecular formula is C28H26ClN3O. The van der Waals surface area contributed by atoms with Crippen LogP contribution in [0.3, 0.4) is 0 Å².